The van der Waals surface area contributed by atoms with E-state index in [-0.39, 0.29) is 5.41 Å². The number of rotatable bonds is 3. The van der Waals surface area contributed by atoms with E-state index in [1.54, 1.807) is 0 Å². The fraction of sp³-hybridized carbons (Fsp3) is 0.125. The van der Waals surface area contributed by atoms with Crippen molar-refractivity contribution in [2.75, 3.05) is 0 Å². The smallest absolute Gasteiger partial charge is 0.164 e. The molecule has 2 unspecified atom stereocenters. The summed E-state index contributed by atoms with van der Waals surface area (Å²) >= 11 is 0. The van der Waals surface area contributed by atoms with Gasteiger partial charge in [-0.3, -0.25) is 0 Å². The maximum Gasteiger partial charge on any atom is 0.164 e. The molecule has 0 saturated heterocycles. The van der Waals surface area contributed by atoms with Crippen molar-refractivity contribution >= 4 is 32.7 Å². The molecular formula is C40H29N3O. The van der Waals surface area contributed by atoms with Crippen LogP contribution < -0.4 is 0 Å². The second kappa shape index (κ2) is 9.32. The number of nitrogens with zero attached hydrogens (tertiary/aromatic N) is 3. The van der Waals surface area contributed by atoms with Crippen molar-refractivity contribution in [3.05, 3.63) is 139 Å². The zero-order valence-corrected chi connectivity index (χ0v) is 24.5. The zero-order chi connectivity index (χ0) is 29.4. The molecule has 4 heteroatoms. The number of para-hydroxylation sites is 1. The van der Waals surface area contributed by atoms with Crippen molar-refractivity contribution in [3.8, 4) is 34.2 Å². The summed E-state index contributed by atoms with van der Waals surface area (Å²) in [6, 6.07) is 35.7. The molecule has 44 heavy (non-hydrogen) atoms. The average molecular weight is 568 g/mol. The van der Waals surface area contributed by atoms with Crippen molar-refractivity contribution in [1.29, 1.82) is 0 Å². The molecule has 4 nitrogen and oxygen atoms in total. The first-order chi connectivity index (χ1) is 21.6. The maximum absolute atomic E-state index is 6.20. The number of hydrogen-bond donors (Lipinski definition) is 0. The van der Waals surface area contributed by atoms with Crippen LogP contribution in [0.2, 0.25) is 0 Å². The molecule has 7 aromatic rings. The first-order valence-electron chi connectivity index (χ1n) is 15.2. The average Bonchev–Trinajstić information content (AvgIpc) is 3.57. The van der Waals surface area contributed by atoms with E-state index >= 15 is 0 Å². The fourth-order valence-electron chi connectivity index (χ4n) is 7.46. The van der Waals surface area contributed by atoms with Gasteiger partial charge in [-0.1, -0.05) is 117 Å². The summed E-state index contributed by atoms with van der Waals surface area (Å²) in [4.78, 5) is 15.3. The number of aromatic nitrogens is 3. The molecule has 0 bridgehead atoms. The largest absolute Gasteiger partial charge is 0.456 e. The van der Waals surface area contributed by atoms with E-state index in [2.05, 4.69) is 111 Å². The van der Waals surface area contributed by atoms with Crippen LogP contribution in [0.3, 0.4) is 0 Å². The van der Waals surface area contributed by atoms with Gasteiger partial charge in [-0.25, -0.2) is 15.0 Å². The quantitative estimate of drug-likeness (QED) is 0.213. The Labute approximate surface area is 255 Å². The van der Waals surface area contributed by atoms with E-state index in [9.17, 15) is 0 Å². The topological polar surface area (TPSA) is 51.8 Å². The molecule has 0 spiro atoms. The Morgan fingerprint density at radius 2 is 1.34 bits per heavy atom. The molecule has 9 rings (SSSR count). The van der Waals surface area contributed by atoms with Gasteiger partial charge >= 0.3 is 0 Å². The molecule has 0 N–H and O–H groups in total. The Kier molecular flexibility index (Phi) is 5.33. The molecule has 5 aromatic carbocycles. The summed E-state index contributed by atoms with van der Waals surface area (Å²) in [6.07, 6.45) is 9.06. The second-order valence-electron chi connectivity index (χ2n) is 12.5. The molecular weight excluding hydrogens is 538 g/mol. The molecule has 2 aliphatic carbocycles. The van der Waals surface area contributed by atoms with E-state index in [0.29, 0.717) is 29.3 Å². The van der Waals surface area contributed by atoms with Gasteiger partial charge in [0.2, 0.25) is 0 Å². The first-order valence-corrected chi connectivity index (χ1v) is 15.2. The van der Waals surface area contributed by atoms with Gasteiger partial charge in [0, 0.05) is 33.4 Å². The molecule has 0 aliphatic heterocycles. The Balaban J connectivity index is 1.27. The lowest BCUT2D eigenvalue weighted by Crippen LogP contribution is -2.24. The van der Waals surface area contributed by atoms with Crippen LogP contribution in [0, 0.1) is 5.92 Å². The third-order valence-corrected chi connectivity index (χ3v) is 9.64. The molecule has 0 fully saturated rings. The number of allylic oxidation sites excluding steroid dienone is 4. The lowest BCUT2D eigenvalue weighted by molar-refractivity contribution is 0.394. The lowest BCUT2D eigenvalue weighted by Gasteiger charge is -2.29. The number of furan rings is 1. The van der Waals surface area contributed by atoms with Crippen molar-refractivity contribution in [2.45, 2.75) is 25.2 Å². The molecule has 210 valence electrons. The highest BCUT2D eigenvalue weighted by Crippen LogP contribution is 2.53. The highest BCUT2D eigenvalue weighted by atomic mass is 16.3. The maximum atomic E-state index is 6.20. The van der Waals surface area contributed by atoms with Crippen molar-refractivity contribution in [1.82, 2.24) is 15.0 Å². The minimum atomic E-state index is 0.0603. The van der Waals surface area contributed by atoms with Gasteiger partial charge in [-0.15, -0.1) is 0 Å². The lowest BCUT2D eigenvalue weighted by atomic mass is 9.74. The van der Waals surface area contributed by atoms with E-state index in [0.717, 1.165) is 49.4 Å². The van der Waals surface area contributed by atoms with E-state index in [1.165, 1.54) is 11.1 Å². The van der Waals surface area contributed by atoms with Crippen LogP contribution >= 0.6 is 0 Å². The molecule has 2 atom stereocenters. The molecule has 0 saturated carbocycles. The van der Waals surface area contributed by atoms with E-state index in [4.69, 9.17) is 19.4 Å². The minimum absolute atomic E-state index is 0.0603. The second-order valence-corrected chi connectivity index (χ2v) is 12.5. The summed E-state index contributed by atoms with van der Waals surface area (Å²) in [5, 5.41) is 4.43. The Morgan fingerprint density at radius 1 is 0.591 bits per heavy atom. The van der Waals surface area contributed by atoms with Crippen LogP contribution in [0.5, 0.6) is 0 Å². The van der Waals surface area contributed by atoms with Gasteiger partial charge in [0.05, 0.1) is 0 Å². The Hall–Kier alpha value is -5.35. The molecule has 0 radical (unpaired) electrons. The van der Waals surface area contributed by atoms with E-state index in [1.807, 2.05) is 30.3 Å². The fourth-order valence-corrected chi connectivity index (χ4v) is 7.46. The van der Waals surface area contributed by atoms with Crippen molar-refractivity contribution in [2.24, 2.45) is 5.92 Å². The minimum Gasteiger partial charge on any atom is -0.456 e. The Bertz CT molecular complexity index is 2330. The van der Waals surface area contributed by atoms with Gasteiger partial charge < -0.3 is 4.42 Å². The highest BCUT2D eigenvalue weighted by molar-refractivity contribution is 6.20. The molecule has 2 aliphatic rings. The highest BCUT2D eigenvalue weighted by Gasteiger charge is 2.44. The summed E-state index contributed by atoms with van der Waals surface area (Å²) in [5.41, 5.74) is 7.53. The molecule has 2 heterocycles. The van der Waals surface area contributed by atoms with Crippen LogP contribution in [0.1, 0.15) is 30.9 Å². The Morgan fingerprint density at radius 3 is 2.23 bits per heavy atom. The summed E-state index contributed by atoms with van der Waals surface area (Å²) in [5.74, 6) is 2.80. The van der Waals surface area contributed by atoms with Gasteiger partial charge in [0.1, 0.15) is 11.2 Å². The van der Waals surface area contributed by atoms with Crippen LogP contribution in [0.4, 0.5) is 0 Å². The van der Waals surface area contributed by atoms with Gasteiger partial charge in [-0.2, -0.15) is 0 Å². The number of benzene rings is 5. The van der Waals surface area contributed by atoms with Crippen LogP contribution in [0.25, 0.3) is 66.9 Å². The zero-order valence-electron chi connectivity index (χ0n) is 24.5. The summed E-state index contributed by atoms with van der Waals surface area (Å²) in [6.45, 7) is 4.71. The van der Waals surface area contributed by atoms with Crippen molar-refractivity contribution < 1.29 is 4.42 Å². The predicted octanol–water partition coefficient (Wildman–Crippen LogP) is 10.0. The van der Waals surface area contributed by atoms with Gasteiger partial charge in [0.15, 0.2) is 17.5 Å². The van der Waals surface area contributed by atoms with E-state index < -0.39 is 0 Å². The third-order valence-electron chi connectivity index (χ3n) is 9.64. The van der Waals surface area contributed by atoms with Crippen LogP contribution in [-0.2, 0) is 5.41 Å². The van der Waals surface area contributed by atoms with Crippen LogP contribution in [-0.4, -0.2) is 15.0 Å². The summed E-state index contributed by atoms with van der Waals surface area (Å²) in [7, 11) is 0. The standard InChI is InChI=1S/C40H29N3O/c1-40(2)32-17-8-6-13-27(32)31-23-25(19-21-33(31)40)38-41-37(24-11-4-3-5-12-24)42-39(43-38)29-16-10-15-28-26(29)20-22-35-36(28)30-14-7-9-18-34(30)44-35/h3-23,27,32H,1-2H3. The van der Waals surface area contributed by atoms with Crippen LogP contribution in [0.15, 0.2) is 132 Å². The first kappa shape index (κ1) is 25.2. The SMILES string of the molecule is CC1(C)c2ccc(-c3nc(-c4ccccc4)nc(-c4cccc5c4ccc4oc6ccccc6c45)n3)cc2C2C=CC=CC21. The molecule has 2 aromatic heterocycles. The van der Waals surface area contributed by atoms with Crippen molar-refractivity contribution in [3.63, 3.8) is 0 Å². The summed E-state index contributed by atoms with van der Waals surface area (Å²) < 4.78 is 6.20. The molecule has 0 amide bonds. The number of hydrogen-bond acceptors (Lipinski definition) is 4. The normalized spacial score (nSPS) is 18.2. The van der Waals surface area contributed by atoms with Gasteiger partial charge in [-0.05, 0) is 57.5 Å². The van der Waals surface area contributed by atoms with Gasteiger partial charge in [0.25, 0.3) is 0 Å². The monoisotopic (exact) mass is 567 g/mol. The predicted molar refractivity (Wildman–Crippen MR) is 178 cm³/mol. The number of fused-ring (bicyclic) bond motifs is 8. The third kappa shape index (κ3) is 3.67.